The van der Waals surface area contributed by atoms with Crippen molar-refractivity contribution in [3.63, 3.8) is 0 Å². The molecule has 0 amide bonds. The van der Waals surface area contributed by atoms with Crippen LogP contribution in [0.1, 0.15) is 93.4 Å². The van der Waals surface area contributed by atoms with E-state index >= 15 is 0 Å². The molecule has 0 nitrogen and oxygen atoms in total. The van der Waals surface area contributed by atoms with Crippen LogP contribution in [-0.2, 0) is 45.7 Å². The minimum atomic E-state index is -2.18. The molecule has 2 aromatic rings. The van der Waals surface area contributed by atoms with Gasteiger partial charge < -0.3 is 0 Å². The van der Waals surface area contributed by atoms with Crippen LogP contribution in [0.5, 0.6) is 0 Å². The van der Waals surface area contributed by atoms with Crippen molar-refractivity contribution in [2.75, 3.05) is 0 Å². The number of hydrogen-bond donors (Lipinski definition) is 0. The minimum absolute atomic E-state index is 0.343. The van der Waals surface area contributed by atoms with E-state index in [9.17, 15) is 0 Å². The molecule has 2 aliphatic carbocycles. The van der Waals surface area contributed by atoms with Crippen LogP contribution < -0.4 is 0 Å². The zero-order valence-corrected chi connectivity index (χ0v) is 26.0. The number of fused-ring (bicyclic) bond motifs is 2. The molecule has 2 aliphatic rings. The first-order chi connectivity index (χ1) is 15.4. The van der Waals surface area contributed by atoms with Crippen LogP contribution in [0.3, 0.4) is 0 Å². The Morgan fingerprint density at radius 3 is 1.28 bits per heavy atom. The SMILES string of the molecule is CCc1ccc(CC)c2c1C=C(C)[CH]2[Hf]([CH]1C(C)=Cc2c(CC)ccc(CC)c21)=[Si](C)C. The average molecular weight is 607 g/mol. The van der Waals surface area contributed by atoms with Gasteiger partial charge in [-0.2, -0.15) is 0 Å². The van der Waals surface area contributed by atoms with Gasteiger partial charge in [0, 0.05) is 0 Å². The summed E-state index contributed by atoms with van der Waals surface area (Å²) in [5, 5.41) is 0. The van der Waals surface area contributed by atoms with Crippen LogP contribution >= 0.6 is 0 Å². The van der Waals surface area contributed by atoms with Gasteiger partial charge in [-0.05, 0) is 0 Å². The summed E-state index contributed by atoms with van der Waals surface area (Å²) in [6, 6.07) is 9.76. The Hall–Kier alpha value is -0.993. The van der Waals surface area contributed by atoms with Crippen molar-refractivity contribution in [3.8, 4) is 0 Å². The van der Waals surface area contributed by atoms with Crippen LogP contribution in [0.2, 0.25) is 13.1 Å². The Kier molecular flexibility index (Phi) is 7.32. The van der Waals surface area contributed by atoms with Crippen LogP contribution in [0.4, 0.5) is 0 Å². The second-order valence-electron chi connectivity index (χ2n) is 9.93. The van der Waals surface area contributed by atoms with Crippen molar-refractivity contribution in [3.05, 3.63) is 79.9 Å². The molecule has 0 N–H and O–H groups in total. The fraction of sp³-hybridized carbons (Fsp3) is 0.467. The molecule has 0 heterocycles. The van der Waals surface area contributed by atoms with Crippen molar-refractivity contribution >= 4 is 17.6 Å². The van der Waals surface area contributed by atoms with Gasteiger partial charge in [0.1, 0.15) is 0 Å². The second kappa shape index (κ2) is 9.70. The molecule has 2 aromatic carbocycles. The van der Waals surface area contributed by atoms with Gasteiger partial charge in [0.2, 0.25) is 0 Å². The number of benzene rings is 2. The molecule has 0 bridgehead atoms. The summed E-state index contributed by atoms with van der Waals surface area (Å²) < 4.78 is 1.55. The summed E-state index contributed by atoms with van der Waals surface area (Å²) >= 11 is -2.18. The van der Waals surface area contributed by atoms with Gasteiger partial charge >= 0.3 is 205 Å². The summed E-state index contributed by atoms with van der Waals surface area (Å²) in [6.45, 7) is 19.6. The van der Waals surface area contributed by atoms with Gasteiger partial charge in [-0.15, -0.1) is 0 Å². The molecule has 168 valence electrons. The molecule has 0 spiro atoms. The quantitative estimate of drug-likeness (QED) is 0.290. The Bertz CT molecular complexity index is 1070. The van der Waals surface area contributed by atoms with E-state index in [1.54, 1.807) is 55.7 Å². The maximum absolute atomic E-state index is 2.66. The normalized spacial score (nSPS) is 18.9. The van der Waals surface area contributed by atoms with E-state index in [0.717, 1.165) is 33.0 Å². The molecule has 32 heavy (non-hydrogen) atoms. The molecule has 0 radical (unpaired) electrons. The van der Waals surface area contributed by atoms with Crippen molar-refractivity contribution < 1.29 is 20.1 Å². The van der Waals surface area contributed by atoms with Gasteiger partial charge in [0.25, 0.3) is 0 Å². The van der Waals surface area contributed by atoms with Crippen molar-refractivity contribution in [1.82, 2.24) is 0 Å². The fourth-order valence-corrected chi connectivity index (χ4v) is 36.0. The van der Waals surface area contributed by atoms with E-state index in [2.05, 4.69) is 91.1 Å². The third kappa shape index (κ3) is 3.84. The molecular weight excluding hydrogens is 567 g/mol. The van der Waals surface area contributed by atoms with Crippen molar-refractivity contribution in [2.45, 2.75) is 87.7 Å². The summed E-state index contributed by atoms with van der Waals surface area (Å²) in [7, 11) is 0. The molecule has 0 saturated carbocycles. The molecular formula is C30H40HfSi. The predicted octanol–water partition coefficient (Wildman–Crippen LogP) is 8.42. The van der Waals surface area contributed by atoms with E-state index in [1.807, 2.05) is 0 Å². The average Bonchev–Trinajstić information content (AvgIpc) is 3.30. The Labute approximate surface area is 204 Å². The first-order valence-electron chi connectivity index (χ1n) is 12.7. The summed E-state index contributed by atoms with van der Waals surface area (Å²) in [6.07, 6.45) is 9.82. The monoisotopic (exact) mass is 608 g/mol. The number of hydrogen-bond acceptors (Lipinski definition) is 0. The van der Waals surface area contributed by atoms with Gasteiger partial charge in [0.05, 0.1) is 0 Å². The van der Waals surface area contributed by atoms with Gasteiger partial charge in [-0.3, -0.25) is 0 Å². The molecule has 2 unspecified atom stereocenters. The van der Waals surface area contributed by atoms with Crippen molar-refractivity contribution in [1.29, 1.82) is 0 Å². The summed E-state index contributed by atoms with van der Waals surface area (Å²) in [5.74, 6) is 0. The Balaban J connectivity index is 1.97. The fourth-order valence-electron chi connectivity index (χ4n) is 6.33. The van der Waals surface area contributed by atoms with E-state index in [-0.39, 0.29) is 5.49 Å². The zero-order chi connectivity index (χ0) is 23.2. The van der Waals surface area contributed by atoms with Crippen LogP contribution in [-0.4, -0.2) is 5.49 Å². The topological polar surface area (TPSA) is 0 Å². The maximum atomic E-state index is 2.66. The van der Waals surface area contributed by atoms with Gasteiger partial charge in [0.15, 0.2) is 0 Å². The predicted molar refractivity (Wildman–Crippen MR) is 141 cm³/mol. The van der Waals surface area contributed by atoms with E-state index in [4.69, 9.17) is 0 Å². The molecule has 0 fully saturated rings. The first-order valence-corrected chi connectivity index (χ1v) is 24.7. The van der Waals surface area contributed by atoms with Gasteiger partial charge in [-0.1, -0.05) is 0 Å². The Morgan fingerprint density at radius 2 is 0.969 bits per heavy atom. The van der Waals surface area contributed by atoms with Gasteiger partial charge in [-0.25, -0.2) is 0 Å². The number of aryl methyl sites for hydroxylation is 4. The zero-order valence-electron chi connectivity index (χ0n) is 21.4. The van der Waals surface area contributed by atoms with Crippen LogP contribution in [0.25, 0.3) is 12.2 Å². The molecule has 0 saturated heterocycles. The molecule has 0 aromatic heterocycles. The molecule has 0 aliphatic heterocycles. The first kappa shape index (κ1) is 24.1. The molecule has 2 atom stereocenters. The number of allylic oxidation sites excluding steroid dienone is 2. The van der Waals surface area contributed by atoms with Crippen LogP contribution in [0, 0.1) is 0 Å². The standard InChI is InChI=1S/2C14H17.C2H6Si.Hf/c2*1-4-11-6-7-12(5-2)14-9-10(3)8-13(11)14;1-3-2;/h2*6-9H,4-5H2,1-3H3;1-2H3;. The molecule has 2 heteroatoms. The Morgan fingerprint density at radius 1 is 0.625 bits per heavy atom. The van der Waals surface area contributed by atoms with Crippen LogP contribution in [0.15, 0.2) is 35.4 Å². The van der Waals surface area contributed by atoms with E-state index < -0.39 is 20.1 Å². The third-order valence-corrected chi connectivity index (χ3v) is 36.0. The number of rotatable bonds is 6. The summed E-state index contributed by atoms with van der Waals surface area (Å²) in [4.78, 5) is 0. The molecule has 4 rings (SSSR count). The summed E-state index contributed by atoms with van der Waals surface area (Å²) in [5.41, 5.74) is 16.2. The van der Waals surface area contributed by atoms with E-state index in [1.165, 1.54) is 0 Å². The van der Waals surface area contributed by atoms with Crippen molar-refractivity contribution in [2.24, 2.45) is 0 Å². The second-order valence-corrected chi connectivity index (χ2v) is 34.9. The third-order valence-electron chi connectivity index (χ3n) is 7.89. The van der Waals surface area contributed by atoms with E-state index in [0.29, 0.717) is 0 Å².